The van der Waals surface area contributed by atoms with Crippen LogP contribution in [0.4, 0.5) is 4.39 Å². The lowest BCUT2D eigenvalue weighted by molar-refractivity contribution is 0.299. The summed E-state index contributed by atoms with van der Waals surface area (Å²) in [5, 5.41) is 4.52. The number of amidine groups is 1. The third-order valence-corrected chi connectivity index (χ3v) is 8.89. The van der Waals surface area contributed by atoms with Gasteiger partial charge in [-0.3, -0.25) is 9.56 Å². The Balaban J connectivity index is 1.33. The highest BCUT2D eigenvalue weighted by Crippen LogP contribution is 2.32. The van der Waals surface area contributed by atoms with Gasteiger partial charge in [-0.25, -0.2) is 9.18 Å². The predicted molar refractivity (Wildman–Crippen MR) is 186 cm³/mol. The van der Waals surface area contributed by atoms with E-state index in [9.17, 15) is 4.79 Å². The molecule has 2 aromatic heterocycles. The minimum Gasteiger partial charge on any atom is -0.386 e. The van der Waals surface area contributed by atoms with Crippen LogP contribution >= 0.6 is 11.6 Å². The summed E-state index contributed by atoms with van der Waals surface area (Å²) in [5.41, 5.74) is 21.0. The summed E-state index contributed by atoms with van der Waals surface area (Å²) in [5.74, 6) is -0.0553. The van der Waals surface area contributed by atoms with Crippen LogP contribution in [0, 0.1) is 5.82 Å². The number of aromatic amines is 1. The molecule has 244 valence electrons. The van der Waals surface area contributed by atoms with E-state index < -0.39 is 11.5 Å². The van der Waals surface area contributed by atoms with Crippen LogP contribution in [0.25, 0.3) is 28.0 Å². The largest absolute Gasteiger partial charge is 0.386 e. The molecular formula is C35H44ClFN8O. The zero-order chi connectivity index (χ0) is 32.8. The van der Waals surface area contributed by atoms with Crippen LogP contribution in [0.2, 0.25) is 5.02 Å². The number of hydrogen-bond donors (Lipinski definition) is 5. The van der Waals surface area contributed by atoms with Crippen molar-refractivity contribution in [1.29, 1.82) is 0 Å². The molecular weight excluding hydrogens is 603 g/mol. The van der Waals surface area contributed by atoms with Gasteiger partial charge < -0.3 is 27.5 Å². The van der Waals surface area contributed by atoms with Gasteiger partial charge in [-0.2, -0.15) is 4.98 Å². The lowest BCUT2D eigenvalue weighted by Gasteiger charge is -2.33. The smallest absolute Gasteiger partial charge is 0.354 e. The topological polar surface area (TPSA) is 153 Å². The molecule has 9 nitrogen and oxygen atoms in total. The highest BCUT2D eigenvalue weighted by molar-refractivity contribution is 6.31. The van der Waals surface area contributed by atoms with Crippen LogP contribution in [0.3, 0.4) is 0 Å². The van der Waals surface area contributed by atoms with Crippen molar-refractivity contribution in [2.24, 2.45) is 22.2 Å². The minimum atomic E-state index is -0.516. The van der Waals surface area contributed by atoms with Crippen molar-refractivity contribution >= 4 is 28.5 Å². The Morgan fingerprint density at radius 3 is 2.76 bits per heavy atom. The summed E-state index contributed by atoms with van der Waals surface area (Å²) >= 11 is 6.27. The van der Waals surface area contributed by atoms with Gasteiger partial charge in [-0.15, -0.1) is 6.58 Å². The number of nitrogens with two attached hydrogens (primary N) is 3. The minimum absolute atomic E-state index is 0.0468. The second kappa shape index (κ2) is 15.2. The van der Waals surface area contributed by atoms with E-state index in [1.807, 2.05) is 25.1 Å². The summed E-state index contributed by atoms with van der Waals surface area (Å²) in [6, 6.07) is 13.8. The first-order valence-electron chi connectivity index (χ1n) is 16.0. The average Bonchev–Trinajstić information content (AvgIpc) is 3.45. The Hall–Kier alpha value is -3.83. The molecule has 0 radical (unpaired) electrons. The number of aryl methyl sites for hydroxylation is 1. The van der Waals surface area contributed by atoms with Gasteiger partial charge in [0.15, 0.2) is 5.82 Å². The highest BCUT2D eigenvalue weighted by atomic mass is 35.5. The van der Waals surface area contributed by atoms with Gasteiger partial charge in [0, 0.05) is 35.3 Å². The van der Waals surface area contributed by atoms with Gasteiger partial charge in [0.05, 0.1) is 29.0 Å². The quantitative estimate of drug-likeness (QED) is 0.0716. The molecule has 46 heavy (non-hydrogen) atoms. The number of H-pyrrole nitrogens is 1. The lowest BCUT2D eigenvalue weighted by Crippen LogP contribution is -2.39. The van der Waals surface area contributed by atoms with E-state index in [1.165, 1.54) is 4.57 Å². The van der Waals surface area contributed by atoms with E-state index in [1.54, 1.807) is 24.4 Å². The van der Waals surface area contributed by atoms with Crippen molar-refractivity contribution < 1.29 is 4.39 Å². The molecule has 11 heteroatoms. The van der Waals surface area contributed by atoms with Crippen molar-refractivity contribution in [1.82, 2.24) is 19.9 Å². The summed E-state index contributed by atoms with van der Waals surface area (Å²) < 4.78 is 16.7. The van der Waals surface area contributed by atoms with Gasteiger partial charge in [0.2, 0.25) is 0 Å². The zero-order valence-electron chi connectivity index (χ0n) is 26.3. The number of nitrogens with one attached hydrogen (secondary N) is 2. The molecule has 4 aromatic rings. The second-order valence-corrected chi connectivity index (χ2v) is 12.8. The number of fused-ring (bicyclic) bond motifs is 1. The van der Waals surface area contributed by atoms with Crippen molar-refractivity contribution in [3.05, 3.63) is 93.8 Å². The van der Waals surface area contributed by atoms with E-state index >= 15 is 4.39 Å². The molecule has 0 aliphatic carbocycles. The van der Waals surface area contributed by atoms with Gasteiger partial charge in [-0.05, 0) is 93.3 Å². The summed E-state index contributed by atoms with van der Waals surface area (Å²) in [4.78, 5) is 25.1. The number of piperidine rings is 1. The standard InChI is InChI=1S/C35H44ClFN8O/c1-3-6-25(42-32(40)19-38)18-26-9-5-10-30(41-26)23-11-13-27(14-12-23)45-20-24-17-31(43-34(24)44-35(45)46)28-15-22(8-4-7-21(2)39)16-29(36)33(28)37/h3,11-17,20-21,25-26,30,41H,1,4-10,18-19,38-39H2,2H3,(H2,40,42)(H,43,44,46)/t21-,25+,26-,30-/m0/s1. The fourth-order valence-electron chi connectivity index (χ4n) is 6.28. The van der Waals surface area contributed by atoms with Crippen LogP contribution < -0.4 is 28.2 Å². The Labute approximate surface area is 274 Å². The van der Waals surface area contributed by atoms with E-state index in [-0.39, 0.29) is 29.7 Å². The number of nitrogens with zero attached hydrogens (tertiary/aromatic N) is 3. The molecule has 1 saturated heterocycles. The average molecular weight is 647 g/mol. The summed E-state index contributed by atoms with van der Waals surface area (Å²) in [6.07, 6.45) is 10.9. The molecule has 1 fully saturated rings. The first kappa shape index (κ1) is 33.5. The fourth-order valence-corrected chi connectivity index (χ4v) is 6.53. The molecule has 2 aromatic carbocycles. The molecule has 5 rings (SSSR count). The SMILES string of the molecule is C=CC[C@H](C[C@@H]1CCC[C@@H](c2ccc(-n3cc4cc(-c5cc(CCC[C@H](C)N)cc(Cl)c5F)[nH]c4nc3=O)cc2)N1)N=C(N)CN. The highest BCUT2D eigenvalue weighted by Gasteiger charge is 2.25. The van der Waals surface area contributed by atoms with Gasteiger partial charge >= 0.3 is 5.69 Å². The third kappa shape index (κ3) is 8.11. The monoisotopic (exact) mass is 646 g/mol. The first-order valence-corrected chi connectivity index (χ1v) is 16.4. The number of halogens is 2. The molecule has 4 atom stereocenters. The predicted octanol–water partition coefficient (Wildman–Crippen LogP) is 5.68. The maximum absolute atomic E-state index is 15.2. The molecule has 0 bridgehead atoms. The Kier molecular flexibility index (Phi) is 11.1. The first-order chi connectivity index (χ1) is 22.1. The van der Waals surface area contributed by atoms with Crippen molar-refractivity contribution in [2.45, 2.75) is 82.5 Å². The number of hydrogen-bond acceptors (Lipinski definition) is 6. The van der Waals surface area contributed by atoms with Crippen LogP contribution in [-0.4, -0.2) is 45.0 Å². The molecule has 1 aliphatic heterocycles. The van der Waals surface area contributed by atoms with Crippen molar-refractivity contribution in [3.63, 3.8) is 0 Å². The van der Waals surface area contributed by atoms with Crippen molar-refractivity contribution in [3.8, 4) is 16.9 Å². The van der Waals surface area contributed by atoms with Crippen LogP contribution in [0.1, 0.15) is 69.0 Å². The van der Waals surface area contributed by atoms with Gasteiger partial charge in [0.25, 0.3) is 0 Å². The Bertz CT molecular complexity index is 1750. The normalized spacial score (nSPS) is 18.5. The maximum atomic E-state index is 15.2. The molecule has 0 amide bonds. The lowest BCUT2D eigenvalue weighted by atomic mass is 9.90. The molecule has 0 spiro atoms. The Morgan fingerprint density at radius 1 is 1.26 bits per heavy atom. The number of rotatable bonds is 13. The van der Waals surface area contributed by atoms with E-state index in [4.69, 9.17) is 28.8 Å². The van der Waals surface area contributed by atoms with E-state index in [0.29, 0.717) is 39.9 Å². The fraction of sp³-hybridized carbons (Fsp3) is 0.400. The van der Waals surface area contributed by atoms with Crippen molar-refractivity contribution in [2.75, 3.05) is 6.54 Å². The number of benzene rings is 2. The van der Waals surface area contributed by atoms with Crippen LogP contribution in [-0.2, 0) is 6.42 Å². The molecule has 0 saturated carbocycles. The maximum Gasteiger partial charge on any atom is 0.354 e. The zero-order valence-corrected chi connectivity index (χ0v) is 27.1. The van der Waals surface area contributed by atoms with E-state index in [2.05, 4.69) is 39.0 Å². The summed E-state index contributed by atoms with van der Waals surface area (Å²) in [6.45, 7) is 6.08. The van der Waals surface area contributed by atoms with Gasteiger partial charge in [0.1, 0.15) is 11.5 Å². The number of aromatic nitrogens is 3. The van der Waals surface area contributed by atoms with Gasteiger partial charge in [-0.1, -0.05) is 36.2 Å². The van der Waals surface area contributed by atoms with Crippen LogP contribution in [0.15, 0.2) is 71.1 Å². The summed E-state index contributed by atoms with van der Waals surface area (Å²) in [7, 11) is 0. The molecule has 1 aliphatic rings. The Morgan fingerprint density at radius 2 is 2.04 bits per heavy atom. The third-order valence-electron chi connectivity index (χ3n) is 8.62. The van der Waals surface area contributed by atoms with E-state index in [0.717, 1.165) is 62.5 Å². The number of aliphatic imine (C=N–C) groups is 1. The second-order valence-electron chi connectivity index (χ2n) is 12.4. The molecule has 3 heterocycles. The molecule has 8 N–H and O–H groups in total. The molecule has 0 unspecified atom stereocenters. The van der Waals surface area contributed by atoms with Crippen LogP contribution in [0.5, 0.6) is 0 Å².